The molecule has 0 fully saturated rings. The highest BCUT2D eigenvalue weighted by Gasteiger charge is 2.12. The molecule has 0 radical (unpaired) electrons. The van der Waals surface area contributed by atoms with Gasteiger partial charge in [-0.05, 0) is 30.4 Å². The van der Waals surface area contributed by atoms with E-state index in [1.807, 2.05) is 30.8 Å². The summed E-state index contributed by atoms with van der Waals surface area (Å²) in [5.41, 5.74) is 1.83. The highest BCUT2D eigenvalue weighted by Crippen LogP contribution is 2.23. The minimum atomic E-state index is -0.309. The molecule has 0 aliphatic heterocycles. The minimum absolute atomic E-state index is 0.213. The molecule has 0 saturated carbocycles. The van der Waals surface area contributed by atoms with Gasteiger partial charge in [0, 0.05) is 23.9 Å². The van der Waals surface area contributed by atoms with Crippen molar-refractivity contribution in [1.82, 2.24) is 0 Å². The molecular weight excluding hydrogens is 248 g/mol. The summed E-state index contributed by atoms with van der Waals surface area (Å²) >= 11 is 1.91. The van der Waals surface area contributed by atoms with Crippen LogP contribution in [-0.2, 0) is 6.42 Å². The molecule has 0 aliphatic carbocycles. The molecule has 0 aromatic heterocycles. The molecule has 0 aliphatic rings. The summed E-state index contributed by atoms with van der Waals surface area (Å²) in [7, 11) is 0. The lowest BCUT2D eigenvalue weighted by Crippen LogP contribution is -2.04. The smallest absolute Gasteiger partial charge is 0.274 e. The van der Waals surface area contributed by atoms with Gasteiger partial charge in [0.25, 0.3) is 5.69 Å². The van der Waals surface area contributed by atoms with Gasteiger partial charge >= 0.3 is 0 Å². The zero-order valence-electron chi connectivity index (χ0n) is 10.9. The number of nitro groups is 1. The highest BCUT2D eigenvalue weighted by molar-refractivity contribution is 7.99. The van der Waals surface area contributed by atoms with Crippen molar-refractivity contribution < 1.29 is 4.92 Å². The molecule has 0 heterocycles. The first-order chi connectivity index (χ1) is 8.69. The first-order valence-corrected chi connectivity index (χ1v) is 7.43. The number of nitrogens with zero attached hydrogens (tertiary/aromatic N) is 1. The third-order valence-corrected chi connectivity index (χ3v) is 3.65. The molecule has 1 N–H and O–H groups in total. The lowest BCUT2D eigenvalue weighted by molar-refractivity contribution is -0.385. The predicted octanol–water partition coefficient (Wildman–Crippen LogP) is 3.71. The summed E-state index contributed by atoms with van der Waals surface area (Å²) in [6, 6.07) is 5.38. The number of nitro benzene ring substituents is 1. The average Bonchev–Trinajstić information content (AvgIpc) is 2.38. The molecule has 18 heavy (non-hydrogen) atoms. The van der Waals surface area contributed by atoms with Crippen LogP contribution in [0.4, 0.5) is 11.4 Å². The van der Waals surface area contributed by atoms with Crippen LogP contribution in [0.25, 0.3) is 0 Å². The van der Waals surface area contributed by atoms with Crippen molar-refractivity contribution in [1.29, 1.82) is 0 Å². The van der Waals surface area contributed by atoms with Gasteiger partial charge in [-0.2, -0.15) is 11.8 Å². The van der Waals surface area contributed by atoms with Gasteiger partial charge in [-0.1, -0.05) is 19.9 Å². The van der Waals surface area contributed by atoms with Gasteiger partial charge in [0.05, 0.1) is 4.92 Å². The van der Waals surface area contributed by atoms with Crippen molar-refractivity contribution in [2.24, 2.45) is 0 Å². The van der Waals surface area contributed by atoms with E-state index in [1.165, 1.54) is 0 Å². The number of nitrogens with one attached hydrogen (secondary N) is 1. The molecule has 0 unspecified atom stereocenters. The van der Waals surface area contributed by atoms with Crippen LogP contribution in [-0.4, -0.2) is 23.0 Å². The molecular formula is C13H20N2O2S. The zero-order chi connectivity index (χ0) is 13.4. The zero-order valence-corrected chi connectivity index (χ0v) is 11.8. The van der Waals surface area contributed by atoms with Gasteiger partial charge in [0.15, 0.2) is 0 Å². The summed E-state index contributed by atoms with van der Waals surface area (Å²) in [6.07, 6.45) is 1.76. The summed E-state index contributed by atoms with van der Waals surface area (Å²) in [6.45, 7) is 4.93. The van der Waals surface area contributed by atoms with Crippen molar-refractivity contribution in [3.8, 4) is 0 Å². The minimum Gasteiger partial charge on any atom is -0.385 e. The molecule has 0 spiro atoms. The normalized spacial score (nSPS) is 10.3. The Hall–Kier alpha value is -1.23. The third-order valence-electron chi connectivity index (χ3n) is 2.66. The number of benzene rings is 1. The van der Waals surface area contributed by atoms with Crippen molar-refractivity contribution in [2.75, 3.05) is 23.4 Å². The second-order valence-corrected chi connectivity index (χ2v) is 5.33. The Labute approximate surface area is 112 Å². The van der Waals surface area contributed by atoms with Crippen LogP contribution >= 0.6 is 11.8 Å². The first kappa shape index (κ1) is 14.8. The molecule has 0 amide bonds. The standard InChI is InChI=1S/C13H20N2O2S/c1-3-11-6-7-12(10-13(11)15(16)17)14-8-5-9-18-4-2/h6-7,10,14H,3-5,8-9H2,1-2H3. The lowest BCUT2D eigenvalue weighted by atomic mass is 10.1. The topological polar surface area (TPSA) is 55.2 Å². The maximum atomic E-state index is 10.9. The molecule has 1 rings (SSSR count). The summed E-state index contributed by atoms with van der Waals surface area (Å²) in [4.78, 5) is 10.6. The van der Waals surface area contributed by atoms with Gasteiger partial charge in [-0.25, -0.2) is 0 Å². The van der Waals surface area contributed by atoms with E-state index < -0.39 is 0 Å². The SMILES string of the molecule is CCSCCCNc1ccc(CC)c([N+](=O)[O-])c1. The van der Waals surface area contributed by atoms with E-state index in [4.69, 9.17) is 0 Å². The van der Waals surface area contributed by atoms with Crippen LogP contribution in [0.2, 0.25) is 0 Å². The van der Waals surface area contributed by atoms with Crippen LogP contribution in [0.1, 0.15) is 25.8 Å². The number of anilines is 1. The van der Waals surface area contributed by atoms with Crippen molar-refractivity contribution in [3.05, 3.63) is 33.9 Å². The van der Waals surface area contributed by atoms with Crippen molar-refractivity contribution in [2.45, 2.75) is 26.7 Å². The highest BCUT2D eigenvalue weighted by atomic mass is 32.2. The van der Waals surface area contributed by atoms with Crippen LogP contribution < -0.4 is 5.32 Å². The Morgan fingerprint density at radius 3 is 2.78 bits per heavy atom. The quantitative estimate of drug-likeness (QED) is 0.443. The monoisotopic (exact) mass is 268 g/mol. The first-order valence-electron chi connectivity index (χ1n) is 6.28. The van der Waals surface area contributed by atoms with Crippen molar-refractivity contribution >= 4 is 23.1 Å². The number of aryl methyl sites for hydroxylation is 1. The van der Waals surface area contributed by atoms with Crippen LogP contribution in [0.5, 0.6) is 0 Å². The van der Waals surface area contributed by atoms with Gasteiger partial charge in [0.1, 0.15) is 0 Å². The van der Waals surface area contributed by atoms with E-state index in [0.29, 0.717) is 6.42 Å². The molecule has 0 atom stereocenters. The van der Waals surface area contributed by atoms with E-state index in [9.17, 15) is 10.1 Å². The third kappa shape index (κ3) is 4.56. The fourth-order valence-electron chi connectivity index (χ4n) is 1.69. The largest absolute Gasteiger partial charge is 0.385 e. The van der Waals surface area contributed by atoms with Crippen LogP contribution in [0.3, 0.4) is 0 Å². The number of hydrogen-bond acceptors (Lipinski definition) is 4. The Balaban J connectivity index is 2.56. The Kier molecular flexibility index (Phi) is 6.57. The van der Waals surface area contributed by atoms with Gasteiger partial charge in [0.2, 0.25) is 0 Å². The second-order valence-electron chi connectivity index (χ2n) is 3.93. The maximum Gasteiger partial charge on any atom is 0.274 e. The van der Waals surface area contributed by atoms with E-state index in [0.717, 1.165) is 35.7 Å². The van der Waals surface area contributed by atoms with E-state index in [2.05, 4.69) is 12.2 Å². The average molecular weight is 268 g/mol. The maximum absolute atomic E-state index is 10.9. The lowest BCUT2D eigenvalue weighted by Gasteiger charge is -2.07. The molecule has 5 heteroatoms. The Morgan fingerprint density at radius 1 is 1.39 bits per heavy atom. The fourth-order valence-corrected chi connectivity index (χ4v) is 2.33. The molecule has 1 aromatic carbocycles. The van der Waals surface area contributed by atoms with Crippen molar-refractivity contribution in [3.63, 3.8) is 0 Å². The molecule has 1 aromatic rings. The Bertz CT molecular complexity index is 397. The Morgan fingerprint density at radius 2 is 2.17 bits per heavy atom. The molecule has 0 saturated heterocycles. The predicted molar refractivity (Wildman–Crippen MR) is 78.6 cm³/mol. The second kappa shape index (κ2) is 7.97. The van der Waals surface area contributed by atoms with Gasteiger partial charge in [-0.15, -0.1) is 0 Å². The van der Waals surface area contributed by atoms with Gasteiger partial charge in [-0.3, -0.25) is 10.1 Å². The summed E-state index contributed by atoms with van der Waals surface area (Å²) in [5.74, 6) is 2.26. The molecule has 4 nitrogen and oxygen atoms in total. The van der Waals surface area contributed by atoms with Gasteiger partial charge < -0.3 is 5.32 Å². The number of rotatable bonds is 8. The van der Waals surface area contributed by atoms with Crippen LogP contribution in [0.15, 0.2) is 18.2 Å². The summed E-state index contributed by atoms with van der Waals surface area (Å²) in [5, 5.41) is 14.2. The van der Waals surface area contributed by atoms with E-state index in [-0.39, 0.29) is 10.6 Å². The summed E-state index contributed by atoms with van der Waals surface area (Å²) < 4.78 is 0. The molecule has 100 valence electrons. The van der Waals surface area contributed by atoms with Crippen LogP contribution in [0, 0.1) is 10.1 Å². The number of hydrogen-bond donors (Lipinski definition) is 1. The molecule has 0 bridgehead atoms. The fraction of sp³-hybridized carbons (Fsp3) is 0.538. The van der Waals surface area contributed by atoms with E-state index >= 15 is 0 Å². The number of thioether (sulfide) groups is 1. The van der Waals surface area contributed by atoms with E-state index in [1.54, 1.807) is 6.07 Å².